The van der Waals surface area contributed by atoms with Gasteiger partial charge in [0.25, 0.3) is 0 Å². The van der Waals surface area contributed by atoms with Crippen LogP contribution in [0.5, 0.6) is 0 Å². The van der Waals surface area contributed by atoms with Gasteiger partial charge in [-0.3, -0.25) is 9.79 Å². The average molecular weight is 290 g/mol. The third-order valence-electron chi connectivity index (χ3n) is 3.24. The molecule has 1 aromatic rings. The molecular weight excluding hydrogens is 264 g/mol. The van der Waals surface area contributed by atoms with Crippen LogP contribution in [0.15, 0.2) is 29.3 Å². The quantitative estimate of drug-likeness (QED) is 0.389. The molecule has 1 aromatic carbocycles. The van der Waals surface area contributed by atoms with Gasteiger partial charge in [0.05, 0.1) is 0 Å². The number of amides is 1. The van der Waals surface area contributed by atoms with Gasteiger partial charge in [-0.1, -0.05) is 38.3 Å². The molecule has 0 aliphatic heterocycles. The highest BCUT2D eigenvalue weighted by Crippen LogP contribution is 2.03. The third-order valence-corrected chi connectivity index (χ3v) is 3.24. The molecule has 21 heavy (non-hydrogen) atoms. The molecule has 0 radical (unpaired) electrons. The lowest BCUT2D eigenvalue weighted by Crippen LogP contribution is -2.37. The first-order valence-electron chi connectivity index (χ1n) is 7.50. The summed E-state index contributed by atoms with van der Waals surface area (Å²) in [5.74, 6) is 0.393. The number of nitrogens with zero attached hydrogens (tertiary/aromatic N) is 1. The molecule has 5 nitrogen and oxygen atoms in total. The monoisotopic (exact) mass is 290 g/mol. The molecule has 0 aromatic heterocycles. The Morgan fingerprint density at radius 1 is 1.14 bits per heavy atom. The maximum Gasteiger partial charge on any atom is 0.248 e. The molecule has 0 fully saturated rings. The number of unbranched alkanes of at least 4 members (excludes halogenated alkanes) is 3. The molecule has 0 spiro atoms. The Kier molecular flexibility index (Phi) is 7.94. The maximum absolute atomic E-state index is 11.0. The van der Waals surface area contributed by atoms with E-state index in [1.807, 2.05) is 12.1 Å². The van der Waals surface area contributed by atoms with E-state index in [2.05, 4.69) is 22.5 Å². The highest BCUT2D eigenvalue weighted by molar-refractivity contribution is 5.92. The van der Waals surface area contributed by atoms with E-state index in [4.69, 9.17) is 5.73 Å². The largest absolute Gasteiger partial charge is 0.366 e. The smallest absolute Gasteiger partial charge is 0.248 e. The fraction of sp³-hybridized carbons (Fsp3) is 0.500. The summed E-state index contributed by atoms with van der Waals surface area (Å²) < 4.78 is 0. The van der Waals surface area contributed by atoms with Crippen molar-refractivity contribution in [3.63, 3.8) is 0 Å². The summed E-state index contributed by atoms with van der Waals surface area (Å²) in [4.78, 5) is 15.2. The summed E-state index contributed by atoms with van der Waals surface area (Å²) in [7, 11) is 1.76. The highest BCUT2D eigenvalue weighted by atomic mass is 16.1. The zero-order chi connectivity index (χ0) is 15.5. The fourth-order valence-electron chi connectivity index (χ4n) is 1.95. The molecule has 116 valence electrons. The van der Waals surface area contributed by atoms with E-state index >= 15 is 0 Å². The van der Waals surface area contributed by atoms with Crippen LogP contribution in [0.25, 0.3) is 0 Å². The molecule has 0 bridgehead atoms. The molecular formula is C16H26N4O. The van der Waals surface area contributed by atoms with Crippen molar-refractivity contribution in [3.8, 4) is 0 Å². The lowest BCUT2D eigenvalue weighted by atomic mass is 10.1. The molecule has 5 heteroatoms. The zero-order valence-electron chi connectivity index (χ0n) is 13.0. The Morgan fingerprint density at radius 2 is 1.86 bits per heavy atom. The van der Waals surface area contributed by atoms with Gasteiger partial charge in [0.1, 0.15) is 0 Å². The molecule has 4 N–H and O–H groups in total. The first-order chi connectivity index (χ1) is 10.2. The molecule has 0 unspecified atom stereocenters. The van der Waals surface area contributed by atoms with Gasteiger partial charge in [0, 0.05) is 25.7 Å². The molecule has 1 rings (SSSR count). The van der Waals surface area contributed by atoms with Gasteiger partial charge in [-0.05, 0) is 24.1 Å². The molecule has 1 amide bonds. The minimum atomic E-state index is -0.404. The lowest BCUT2D eigenvalue weighted by molar-refractivity contribution is 0.100. The Morgan fingerprint density at radius 3 is 2.43 bits per heavy atom. The number of carbonyl (C=O) groups is 1. The molecule has 0 atom stereocenters. The van der Waals surface area contributed by atoms with Gasteiger partial charge >= 0.3 is 0 Å². The number of hydrogen-bond donors (Lipinski definition) is 3. The molecule has 0 aliphatic rings. The van der Waals surface area contributed by atoms with E-state index in [1.54, 1.807) is 19.2 Å². The van der Waals surface area contributed by atoms with Crippen LogP contribution in [0.2, 0.25) is 0 Å². The molecule has 0 saturated heterocycles. The van der Waals surface area contributed by atoms with Crippen LogP contribution in [0.1, 0.15) is 48.5 Å². The standard InChI is InChI=1S/C16H26N4O/c1-3-4-5-6-11-19-16(18-2)20-12-13-7-9-14(10-8-13)15(17)21/h7-10H,3-6,11-12H2,1-2H3,(H2,17,21)(H2,18,19,20). The lowest BCUT2D eigenvalue weighted by Gasteiger charge is -2.12. The second-order valence-electron chi connectivity index (χ2n) is 4.97. The van der Waals surface area contributed by atoms with Gasteiger partial charge in [0.2, 0.25) is 5.91 Å². The Balaban J connectivity index is 2.32. The van der Waals surface area contributed by atoms with Crippen LogP contribution in [0.3, 0.4) is 0 Å². The molecule has 0 aliphatic carbocycles. The second kappa shape index (κ2) is 9.80. The van der Waals surface area contributed by atoms with Crippen LogP contribution in [0, 0.1) is 0 Å². The van der Waals surface area contributed by atoms with Crippen LogP contribution < -0.4 is 16.4 Å². The number of benzene rings is 1. The van der Waals surface area contributed by atoms with Crippen LogP contribution in [0.4, 0.5) is 0 Å². The number of hydrogen-bond acceptors (Lipinski definition) is 2. The van der Waals surface area contributed by atoms with E-state index < -0.39 is 5.91 Å². The average Bonchev–Trinajstić information content (AvgIpc) is 2.50. The number of nitrogens with one attached hydrogen (secondary N) is 2. The molecule has 0 saturated carbocycles. The SMILES string of the molecule is CCCCCCNC(=NC)NCc1ccc(C(N)=O)cc1. The van der Waals surface area contributed by atoms with Crippen molar-refractivity contribution in [2.75, 3.05) is 13.6 Å². The van der Waals surface area contributed by atoms with Gasteiger partial charge < -0.3 is 16.4 Å². The van der Waals surface area contributed by atoms with Crippen LogP contribution >= 0.6 is 0 Å². The predicted molar refractivity (Wildman–Crippen MR) is 87.3 cm³/mol. The number of guanidine groups is 1. The van der Waals surface area contributed by atoms with Gasteiger partial charge in [-0.25, -0.2) is 0 Å². The number of rotatable bonds is 8. The zero-order valence-corrected chi connectivity index (χ0v) is 13.0. The van der Waals surface area contributed by atoms with Crippen molar-refractivity contribution in [1.29, 1.82) is 0 Å². The molecule has 0 heterocycles. The van der Waals surface area contributed by atoms with Crippen molar-refractivity contribution >= 4 is 11.9 Å². The summed E-state index contributed by atoms with van der Waals surface area (Å²) in [5.41, 5.74) is 6.82. The van der Waals surface area contributed by atoms with E-state index in [-0.39, 0.29) is 0 Å². The number of primary amides is 1. The maximum atomic E-state index is 11.0. The minimum absolute atomic E-state index is 0.404. The first-order valence-corrected chi connectivity index (χ1v) is 7.50. The third kappa shape index (κ3) is 6.79. The number of aliphatic imine (C=N–C) groups is 1. The summed E-state index contributed by atoms with van der Waals surface area (Å²) >= 11 is 0. The first kappa shape index (κ1) is 17.0. The Bertz CT molecular complexity index is 454. The van der Waals surface area contributed by atoms with Crippen molar-refractivity contribution in [2.45, 2.75) is 39.2 Å². The van der Waals surface area contributed by atoms with E-state index in [9.17, 15) is 4.79 Å². The predicted octanol–water partition coefficient (Wildman–Crippen LogP) is 2.03. The van der Waals surface area contributed by atoms with Crippen LogP contribution in [-0.2, 0) is 6.54 Å². The van der Waals surface area contributed by atoms with Crippen molar-refractivity contribution in [3.05, 3.63) is 35.4 Å². The van der Waals surface area contributed by atoms with E-state index in [1.165, 1.54) is 19.3 Å². The van der Waals surface area contributed by atoms with Crippen LogP contribution in [-0.4, -0.2) is 25.5 Å². The topological polar surface area (TPSA) is 79.5 Å². The van der Waals surface area contributed by atoms with Gasteiger partial charge in [-0.15, -0.1) is 0 Å². The Hall–Kier alpha value is -2.04. The van der Waals surface area contributed by atoms with Crippen molar-refractivity contribution < 1.29 is 4.79 Å². The summed E-state index contributed by atoms with van der Waals surface area (Å²) in [6.07, 6.45) is 4.92. The second-order valence-corrected chi connectivity index (χ2v) is 4.97. The van der Waals surface area contributed by atoms with Gasteiger partial charge in [0.15, 0.2) is 5.96 Å². The van der Waals surface area contributed by atoms with Gasteiger partial charge in [-0.2, -0.15) is 0 Å². The summed E-state index contributed by atoms with van der Waals surface area (Å²) in [6.45, 7) is 3.80. The van der Waals surface area contributed by atoms with E-state index in [0.29, 0.717) is 12.1 Å². The number of nitrogens with two attached hydrogens (primary N) is 1. The van der Waals surface area contributed by atoms with E-state index in [0.717, 1.165) is 24.5 Å². The van der Waals surface area contributed by atoms with Crippen molar-refractivity contribution in [2.24, 2.45) is 10.7 Å². The summed E-state index contributed by atoms with van der Waals surface area (Å²) in [5, 5.41) is 6.54. The van der Waals surface area contributed by atoms with Crippen molar-refractivity contribution in [1.82, 2.24) is 10.6 Å². The summed E-state index contributed by atoms with van der Waals surface area (Å²) in [6, 6.07) is 7.25. The minimum Gasteiger partial charge on any atom is -0.366 e. The Labute approximate surface area is 127 Å². The highest BCUT2D eigenvalue weighted by Gasteiger charge is 2.01. The number of carbonyl (C=O) groups excluding carboxylic acids is 1. The fourth-order valence-corrected chi connectivity index (χ4v) is 1.95. The normalized spacial score (nSPS) is 11.2.